The SMILES string of the molecule is CCOC(C)Cc1cc(Cl)cc(N2CCOCC2)n1. The van der Waals surface area contributed by atoms with Crippen LogP contribution in [0.5, 0.6) is 0 Å². The van der Waals surface area contributed by atoms with Gasteiger partial charge in [0.05, 0.1) is 19.3 Å². The molecule has 0 amide bonds. The Bertz CT molecular complexity index is 408. The van der Waals surface area contributed by atoms with Gasteiger partial charge < -0.3 is 14.4 Å². The highest BCUT2D eigenvalue weighted by Crippen LogP contribution is 2.21. The van der Waals surface area contributed by atoms with E-state index in [1.165, 1.54) is 0 Å². The van der Waals surface area contributed by atoms with Crippen LogP contribution in [0.1, 0.15) is 19.5 Å². The number of anilines is 1. The van der Waals surface area contributed by atoms with E-state index in [4.69, 9.17) is 21.1 Å². The fourth-order valence-electron chi connectivity index (χ4n) is 2.23. The molecule has 0 radical (unpaired) electrons. The van der Waals surface area contributed by atoms with Gasteiger partial charge in [-0.25, -0.2) is 4.98 Å². The molecule has 1 saturated heterocycles. The van der Waals surface area contributed by atoms with Crippen molar-refractivity contribution in [3.8, 4) is 0 Å². The zero-order valence-corrected chi connectivity index (χ0v) is 12.3. The second-order valence-corrected chi connectivity index (χ2v) is 5.14. The number of rotatable bonds is 5. The summed E-state index contributed by atoms with van der Waals surface area (Å²) in [5.74, 6) is 0.939. The third-order valence-electron chi connectivity index (χ3n) is 3.11. The summed E-state index contributed by atoms with van der Waals surface area (Å²) in [7, 11) is 0. The van der Waals surface area contributed by atoms with Crippen molar-refractivity contribution >= 4 is 17.4 Å². The highest BCUT2D eigenvalue weighted by Gasteiger charge is 2.14. The molecule has 1 fully saturated rings. The van der Waals surface area contributed by atoms with Crippen LogP contribution in [-0.2, 0) is 15.9 Å². The van der Waals surface area contributed by atoms with E-state index in [1.54, 1.807) is 0 Å². The maximum Gasteiger partial charge on any atom is 0.130 e. The van der Waals surface area contributed by atoms with Crippen LogP contribution in [0.15, 0.2) is 12.1 Å². The first-order chi connectivity index (χ1) is 9.19. The Morgan fingerprint density at radius 1 is 1.42 bits per heavy atom. The van der Waals surface area contributed by atoms with Gasteiger partial charge >= 0.3 is 0 Å². The van der Waals surface area contributed by atoms with Crippen LogP contribution in [0.25, 0.3) is 0 Å². The fourth-order valence-corrected chi connectivity index (χ4v) is 2.46. The third-order valence-corrected chi connectivity index (χ3v) is 3.33. The lowest BCUT2D eigenvalue weighted by Gasteiger charge is -2.28. The van der Waals surface area contributed by atoms with Crippen LogP contribution >= 0.6 is 11.6 Å². The van der Waals surface area contributed by atoms with Crippen molar-refractivity contribution in [3.63, 3.8) is 0 Å². The van der Waals surface area contributed by atoms with Crippen LogP contribution in [0, 0.1) is 0 Å². The summed E-state index contributed by atoms with van der Waals surface area (Å²) in [6.45, 7) is 8.01. The zero-order chi connectivity index (χ0) is 13.7. The van der Waals surface area contributed by atoms with E-state index >= 15 is 0 Å². The van der Waals surface area contributed by atoms with Gasteiger partial charge in [-0.2, -0.15) is 0 Å². The molecule has 19 heavy (non-hydrogen) atoms. The van der Waals surface area contributed by atoms with Crippen molar-refractivity contribution < 1.29 is 9.47 Å². The molecule has 0 bridgehead atoms. The maximum atomic E-state index is 6.19. The quantitative estimate of drug-likeness (QED) is 0.832. The molecular weight excluding hydrogens is 264 g/mol. The Morgan fingerprint density at radius 2 is 2.16 bits per heavy atom. The first-order valence-electron chi connectivity index (χ1n) is 6.79. The molecule has 0 N–H and O–H groups in total. The summed E-state index contributed by atoms with van der Waals surface area (Å²) >= 11 is 6.19. The van der Waals surface area contributed by atoms with E-state index in [9.17, 15) is 0 Å². The minimum absolute atomic E-state index is 0.161. The van der Waals surface area contributed by atoms with Gasteiger partial charge in [-0.3, -0.25) is 0 Å². The number of nitrogens with zero attached hydrogens (tertiary/aromatic N) is 2. The van der Waals surface area contributed by atoms with E-state index in [1.807, 2.05) is 19.1 Å². The summed E-state index contributed by atoms with van der Waals surface area (Å²) in [5.41, 5.74) is 0.981. The summed E-state index contributed by atoms with van der Waals surface area (Å²) in [4.78, 5) is 6.90. The molecule has 4 nitrogen and oxygen atoms in total. The van der Waals surface area contributed by atoms with Crippen molar-refractivity contribution in [2.24, 2.45) is 0 Å². The molecule has 5 heteroatoms. The van der Waals surface area contributed by atoms with E-state index in [-0.39, 0.29) is 6.10 Å². The molecule has 1 aliphatic rings. The smallest absolute Gasteiger partial charge is 0.130 e. The molecule has 0 spiro atoms. The first-order valence-corrected chi connectivity index (χ1v) is 7.17. The highest BCUT2D eigenvalue weighted by molar-refractivity contribution is 6.30. The molecule has 1 aromatic heterocycles. The minimum atomic E-state index is 0.161. The van der Waals surface area contributed by atoms with E-state index < -0.39 is 0 Å². The second-order valence-electron chi connectivity index (χ2n) is 4.70. The van der Waals surface area contributed by atoms with Gasteiger partial charge in [-0.05, 0) is 26.0 Å². The van der Waals surface area contributed by atoms with E-state index in [0.29, 0.717) is 0 Å². The number of morpholine rings is 1. The average molecular weight is 285 g/mol. The molecule has 0 aromatic carbocycles. The van der Waals surface area contributed by atoms with Crippen LogP contribution in [0.4, 0.5) is 5.82 Å². The molecular formula is C14H21ClN2O2. The fraction of sp³-hybridized carbons (Fsp3) is 0.643. The Morgan fingerprint density at radius 3 is 2.84 bits per heavy atom. The lowest BCUT2D eigenvalue weighted by molar-refractivity contribution is 0.0761. The van der Waals surface area contributed by atoms with Crippen LogP contribution < -0.4 is 4.90 Å². The minimum Gasteiger partial charge on any atom is -0.378 e. The predicted octanol–water partition coefficient (Wildman–Crippen LogP) is 2.54. The second kappa shape index (κ2) is 7.08. The van der Waals surface area contributed by atoms with Crippen molar-refractivity contribution in [2.45, 2.75) is 26.4 Å². The predicted molar refractivity (Wildman–Crippen MR) is 77.1 cm³/mol. The lowest BCUT2D eigenvalue weighted by Crippen LogP contribution is -2.36. The van der Waals surface area contributed by atoms with Crippen LogP contribution in [0.3, 0.4) is 0 Å². The van der Waals surface area contributed by atoms with Gasteiger partial charge in [0.1, 0.15) is 5.82 Å². The number of hydrogen-bond acceptors (Lipinski definition) is 4. The molecule has 1 aliphatic heterocycles. The molecule has 2 heterocycles. The summed E-state index contributed by atoms with van der Waals surface area (Å²) in [6, 6.07) is 3.84. The first kappa shape index (κ1) is 14.6. The highest BCUT2D eigenvalue weighted by atomic mass is 35.5. The maximum absolute atomic E-state index is 6.19. The topological polar surface area (TPSA) is 34.6 Å². The van der Waals surface area contributed by atoms with Crippen molar-refractivity contribution in [2.75, 3.05) is 37.8 Å². The van der Waals surface area contributed by atoms with Crippen LogP contribution in [-0.4, -0.2) is 44.0 Å². The Kier molecular flexibility index (Phi) is 5.43. The van der Waals surface area contributed by atoms with Crippen molar-refractivity contribution in [3.05, 3.63) is 22.8 Å². The van der Waals surface area contributed by atoms with Crippen molar-refractivity contribution in [1.82, 2.24) is 4.98 Å². The summed E-state index contributed by atoms with van der Waals surface area (Å²) < 4.78 is 10.9. The summed E-state index contributed by atoms with van der Waals surface area (Å²) in [5, 5.41) is 0.732. The Balaban J connectivity index is 2.09. The molecule has 0 aliphatic carbocycles. The molecule has 1 atom stereocenters. The third kappa shape index (κ3) is 4.34. The van der Waals surface area contributed by atoms with Gasteiger partial charge in [0.25, 0.3) is 0 Å². The number of aromatic nitrogens is 1. The number of halogens is 1. The molecule has 2 rings (SSSR count). The van der Waals surface area contributed by atoms with Gasteiger partial charge in [0.2, 0.25) is 0 Å². The molecule has 1 unspecified atom stereocenters. The standard InChI is InChI=1S/C14H21ClN2O2/c1-3-19-11(2)8-13-9-12(15)10-14(16-13)17-4-6-18-7-5-17/h9-11H,3-8H2,1-2H3. The Labute approximate surface area is 119 Å². The number of ether oxygens (including phenoxy) is 2. The number of hydrogen-bond donors (Lipinski definition) is 0. The normalized spacial score (nSPS) is 17.5. The Hall–Kier alpha value is -0.840. The van der Waals surface area contributed by atoms with E-state index in [2.05, 4.69) is 16.8 Å². The number of pyridine rings is 1. The largest absolute Gasteiger partial charge is 0.378 e. The lowest BCUT2D eigenvalue weighted by atomic mass is 10.2. The zero-order valence-electron chi connectivity index (χ0n) is 11.6. The van der Waals surface area contributed by atoms with Gasteiger partial charge in [0.15, 0.2) is 0 Å². The van der Waals surface area contributed by atoms with Gasteiger partial charge in [0, 0.05) is 36.8 Å². The van der Waals surface area contributed by atoms with Crippen LogP contribution in [0.2, 0.25) is 5.02 Å². The molecule has 106 valence electrons. The van der Waals surface area contributed by atoms with E-state index in [0.717, 1.165) is 55.9 Å². The average Bonchev–Trinajstić information content (AvgIpc) is 2.39. The van der Waals surface area contributed by atoms with Gasteiger partial charge in [-0.1, -0.05) is 11.6 Å². The van der Waals surface area contributed by atoms with Gasteiger partial charge in [-0.15, -0.1) is 0 Å². The molecule has 1 aromatic rings. The monoisotopic (exact) mass is 284 g/mol. The van der Waals surface area contributed by atoms with Crippen molar-refractivity contribution in [1.29, 1.82) is 0 Å². The molecule has 0 saturated carbocycles. The summed E-state index contributed by atoms with van der Waals surface area (Å²) in [6.07, 6.45) is 0.944.